The molecule has 1 aromatic rings. The minimum atomic E-state index is -4.66. The second-order valence-corrected chi connectivity index (χ2v) is 2.94. The SMILES string of the molecule is [C-]#[N+]CCc1ccc(C(F)(F)F)c(F)c1. The Labute approximate surface area is 84.2 Å². The summed E-state index contributed by atoms with van der Waals surface area (Å²) in [6.07, 6.45) is -4.40. The number of alkyl halides is 3. The molecule has 0 N–H and O–H groups in total. The molecule has 0 bridgehead atoms. The van der Waals surface area contributed by atoms with Gasteiger partial charge in [0.1, 0.15) is 5.82 Å². The quantitative estimate of drug-likeness (QED) is 0.528. The van der Waals surface area contributed by atoms with Gasteiger partial charge < -0.3 is 4.85 Å². The zero-order valence-electron chi connectivity index (χ0n) is 7.61. The number of hydrogen-bond acceptors (Lipinski definition) is 0. The predicted octanol–water partition coefficient (Wildman–Crippen LogP) is 3.31. The summed E-state index contributed by atoms with van der Waals surface area (Å²) in [7, 11) is 0. The second-order valence-electron chi connectivity index (χ2n) is 2.94. The van der Waals surface area contributed by atoms with E-state index in [0.717, 1.165) is 6.07 Å². The van der Waals surface area contributed by atoms with Crippen molar-refractivity contribution in [3.05, 3.63) is 46.6 Å². The summed E-state index contributed by atoms with van der Waals surface area (Å²) in [5, 5.41) is 0. The number of nitrogens with zero attached hydrogens (tertiary/aromatic N) is 1. The zero-order chi connectivity index (χ0) is 11.5. The highest BCUT2D eigenvalue weighted by molar-refractivity contribution is 5.26. The lowest BCUT2D eigenvalue weighted by atomic mass is 10.1. The molecule has 15 heavy (non-hydrogen) atoms. The molecular weight excluding hydrogens is 210 g/mol. The molecular formula is C10H7F4N. The van der Waals surface area contributed by atoms with Crippen molar-refractivity contribution < 1.29 is 17.6 Å². The highest BCUT2D eigenvalue weighted by Crippen LogP contribution is 2.31. The van der Waals surface area contributed by atoms with Crippen LogP contribution in [0.3, 0.4) is 0 Å². The van der Waals surface area contributed by atoms with Crippen LogP contribution in [0.4, 0.5) is 17.6 Å². The van der Waals surface area contributed by atoms with E-state index in [4.69, 9.17) is 6.57 Å². The van der Waals surface area contributed by atoms with Gasteiger partial charge in [0.15, 0.2) is 0 Å². The lowest BCUT2D eigenvalue weighted by Crippen LogP contribution is -2.08. The average Bonchev–Trinajstić information content (AvgIpc) is 2.12. The summed E-state index contributed by atoms with van der Waals surface area (Å²) < 4.78 is 49.4. The first-order valence-corrected chi connectivity index (χ1v) is 4.14. The largest absolute Gasteiger partial charge is 0.419 e. The molecule has 0 fully saturated rings. The van der Waals surface area contributed by atoms with Crippen molar-refractivity contribution in [1.82, 2.24) is 0 Å². The second kappa shape index (κ2) is 4.30. The smallest absolute Gasteiger partial charge is 0.317 e. The van der Waals surface area contributed by atoms with Crippen LogP contribution in [0, 0.1) is 12.4 Å². The molecule has 0 unspecified atom stereocenters. The summed E-state index contributed by atoms with van der Waals surface area (Å²) in [5.41, 5.74) is -0.870. The molecule has 1 rings (SSSR count). The molecule has 0 saturated carbocycles. The lowest BCUT2D eigenvalue weighted by Gasteiger charge is -2.08. The van der Waals surface area contributed by atoms with Crippen LogP contribution < -0.4 is 0 Å². The number of rotatable bonds is 2. The minimum absolute atomic E-state index is 0.144. The molecule has 0 aliphatic carbocycles. The molecule has 0 aliphatic rings. The Morgan fingerprint density at radius 3 is 2.40 bits per heavy atom. The first kappa shape index (κ1) is 11.5. The van der Waals surface area contributed by atoms with Gasteiger partial charge in [0.05, 0.1) is 5.56 Å². The highest BCUT2D eigenvalue weighted by atomic mass is 19.4. The third-order valence-corrected chi connectivity index (χ3v) is 1.85. The predicted molar refractivity (Wildman–Crippen MR) is 46.6 cm³/mol. The monoisotopic (exact) mass is 217 g/mol. The Morgan fingerprint density at radius 2 is 1.93 bits per heavy atom. The Bertz CT molecular complexity index is 389. The topological polar surface area (TPSA) is 4.36 Å². The van der Waals surface area contributed by atoms with E-state index in [1.807, 2.05) is 0 Å². The van der Waals surface area contributed by atoms with Crippen molar-refractivity contribution >= 4 is 0 Å². The van der Waals surface area contributed by atoms with E-state index in [9.17, 15) is 17.6 Å². The molecule has 0 atom stereocenters. The Kier molecular flexibility index (Phi) is 3.30. The van der Waals surface area contributed by atoms with Gasteiger partial charge in [-0.3, -0.25) is 0 Å². The Morgan fingerprint density at radius 1 is 1.27 bits per heavy atom. The van der Waals surface area contributed by atoms with Crippen molar-refractivity contribution in [3.8, 4) is 0 Å². The Hall–Kier alpha value is -1.57. The van der Waals surface area contributed by atoms with Crippen LogP contribution in [-0.4, -0.2) is 6.54 Å². The summed E-state index contributed by atoms with van der Waals surface area (Å²) in [6.45, 7) is 6.64. The van der Waals surface area contributed by atoms with Crippen molar-refractivity contribution in [1.29, 1.82) is 0 Å². The van der Waals surface area contributed by atoms with Gasteiger partial charge in [-0.25, -0.2) is 11.0 Å². The molecule has 0 saturated heterocycles. The average molecular weight is 217 g/mol. The van der Waals surface area contributed by atoms with E-state index < -0.39 is 17.6 Å². The lowest BCUT2D eigenvalue weighted by molar-refractivity contribution is -0.140. The summed E-state index contributed by atoms with van der Waals surface area (Å²) in [5.74, 6) is -1.29. The maximum absolute atomic E-state index is 13.0. The van der Waals surface area contributed by atoms with Crippen LogP contribution in [0.25, 0.3) is 4.85 Å². The van der Waals surface area contributed by atoms with Gasteiger partial charge in [0.25, 0.3) is 0 Å². The molecule has 0 amide bonds. The van der Waals surface area contributed by atoms with Gasteiger partial charge in [0.2, 0.25) is 6.54 Å². The number of halogens is 4. The van der Waals surface area contributed by atoms with Gasteiger partial charge in [-0.15, -0.1) is 0 Å². The molecule has 0 aromatic heterocycles. The molecule has 0 spiro atoms. The van der Waals surface area contributed by atoms with Gasteiger partial charge in [-0.1, -0.05) is 6.07 Å². The third-order valence-electron chi connectivity index (χ3n) is 1.85. The van der Waals surface area contributed by atoms with E-state index >= 15 is 0 Å². The van der Waals surface area contributed by atoms with Gasteiger partial charge in [-0.05, 0) is 17.7 Å². The fourth-order valence-corrected chi connectivity index (χ4v) is 1.13. The normalized spacial score (nSPS) is 11.1. The molecule has 1 aromatic carbocycles. The number of hydrogen-bond donors (Lipinski definition) is 0. The van der Waals surface area contributed by atoms with Crippen molar-refractivity contribution in [2.45, 2.75) is 12.6 Å². The molecule has 0 heterocycles. The van der Waals surface area contributed by atoms with Crippen LogP contribution in [0.2, 0.25) is 0 Å². The van der Waals surface area contributed by atoms with Gasteiger partial charge in [-0.2, -0.15) is 13.2 Å². The Balaban J connectivity index is 2.94. The minimum Gasteiger partial charge on any atom is -0.317 e. The van der Waals surface area contributed by atoms with Crippen LogP contribution in [0.1, 0.15) is 11.1 Å². The summed E-state index contributed by atoms with van der Waals surface area (Å²) in [4.78, 5) is 3.04. The van der Waals surface area contributed by atoms with Crippen LogP contribution in [0.5, 0.6) is 0 Å². The molecule has 0 radical (unpaired) electrons. The van der Waals surface area contributed by atoms with E-state index in [2.05, 4.69) is 4.85 Å². The van der Waals surface area contributed by atoms with E-state index in [1.54, 1.807) is 0 Å². The van der Waals surface area contributed by atoms with Crippen LogP contribution in [-0.2, 0) is 12.6 Å². The fourth-order valence-electron chi connectivity index (χ4n) is 1.13. The summed E-state index contributed by atoms with van der Waals surface area (Å²) in [6, 6.07) is 2.72. The summed E-state index contributed by atoms with van der Waals surface area (Å²) >= 11 is 0. The van der Waals surface area contributed by atoms with Crippen molar-refractivity contribution in [2.75, 3.05) is 6.54 Å². The maximum Gasteiger partial charge on any atom is 0.419 e. The highest BCUT2D eigenvalue weighted by Gasteiger charge is 2.33. The molecule has 1 nitrogen and oxygen atoms in total. The van der Waals surface area contributed by atoms with E-state index in [1.165, 1.54) is 6.07 Å². The van der Waals surface area contributed by atoms with Gasteiger partial charge in [0, 0.05) is 6.42 Å². The molecule has 0 aliphatic heterocycles. The van der Waals surface area contributed by atoms with Gasteiger partial charge >= 0.3 is 6.18 Å². The number of benzene rings is 1. The molecule has 5 heteroatoms. The first-order valence-electron chi connectivity index (χ1n) is 4.14. The van der Waals surface area contributed by atoms with Crippen molar-refractivity contribution in [2.24, 2.45) is 0 Å². The van der Waals surface area contributed by atoms with Crippen LogP contribution >= 0.6 is 0 Å². The third kappa shape index (κ3) is 2.94. The standard InChI is InChI=1S/C10H7F4N/c1-15-5-4-7-2-3-8(9(11)6-7)10(12,13)14/h2-3,6H,4-5H2. The zero-order valence-corrected chi connectivity index (χ0v) is 7.61. The van der Waals surface area contributed by atoms with Crippen LogP contribution in [0.15, 0.2) is 18.2 Å². The maximum atomic E-state index is 13.0. The van der Waals surface area contributed by atoms with E-state index in [0.29, 0.717) is 11.6 Å². The van der Waals surface area contributed by atoms with Crippen molar-refractivity contribution in [3.63, 3.8) is 0 Å². The van der Waals surface area contributed by atoms with E-state index in [-0.39, 0.29) is 13.0 Å². The fraction of sp³-hybridized carbons (Fsp3) is 0.300. The first-order chi connectivity index (χ1) is 6.95. The molecule has 80 valence electrons.